The van der Waals surface area contributed by atoms with E-state index in [0.717, 1.165) is 43.9 Å². The number of piperidine rings is 1. The van der Waals surface area contributed by atoms with Gasteiger partial charge in [0.15, 0.2) is 0 Å². The third-order valence-corrected chi connectivity index (χ3v) is 5.77. The molecule has 0 unspecified atom stereocenters. The highest BCUT2D eigenvalue weighted by atomic mass is 35.5. The molecule has 1 fully saturated rings. The second-order valence-corrected chi connectivity index (χ2v) is 8.31. The van der Waals surface area contributed by atoms with Crippen LogP contribution in [0, 0.1) is 5.92 Å². The van der Waals surface area contributed by atoms with Crippen LogP contribution in [0.25, 0.3) is 0 Å². The Labute approximate surface area is 173 Å². The minimum absolute atomic E-state index is 0.320. The molecule has 0 bridgehead atoms. The second kappa shape index (κ2) is 10.1. The predicted molar refractivity (Wildman–Crippen MR) is 115 cm³/mol. The van der Waals surface area contributed by atoms with E-state index in [-0.39, 0.29) is 0 Å². The molecule has 1 heterocycles. The van der Waals surface area contributed by atoms with Gasteiger partial charge in [0.05, 0.1) is 7.11 Å². The maximum Gasteiger partial charge on any atom is 0.120 e. The van der Waals surface area contributed by atoms with Crippen molar-refractivity contribution in [2.75, 3.05) is 40.3 Å². The molecule has 4 nitrogen and oxygen atoms in total. The number of phenols is 1. The molecular formula is C23H31ClN2O2. The van der Waals surface area contributed by atoms with Crippen LogP contribution < -0.4 is 4.74 Å². The van der Waals surface area contributed by atoms with Crippen LogP contribution in [0.4, 0.5) is 0 Å². The molecule has 0 spiro atoms. The molecule has 0 aliphatic carbocycles. The van der Waals surface area contributed by atoms with Crippen molar-refractivity contribution in [3.05, 3.63) is 58.6 Å². The van der Waals surface area contributed by atoms with Gasteiger partial charge in [0.2, 0.25) is 0 Å². The van der Waals surface area contributed by atoms with Gasteiger partial charge in [-0.2, -0.15) is 0 Å². The van der Waals surface area contributed by atoms with E-state index in [1.807, 2.05) is 18.2 Å². The van der Waals surface area contributed by atoms with Crippen LogP contribution in [-0.4, -0.2) is 55.2 Å². The fourth-order valence-corrected chi connectivity index (χ4v) is 4.25. The highest BCUT2D eigenvalue weighted by molar-refractivity contribution is 6.30. The number of likely N-dealkylation sites (tertiary alicyclic amines) is 1. The first-order valence-electron chi connectivity index (χ1n) is 10.0. The standard InChI is InChI=1S/C23H31ClN2O2/c1-25(17-20-14-21(24)7-10-23(20)27)15-19-4-3-12-26(16-19)13-11-18-5-8-22(28-2)9-6-18/h5-10,14,19,27H,3-4,11-13,15-17H2,1-2H3/t19-/m1/s1. The summed E-state index contributed by atoms with van der Waals surface area (Å²) in [6.07, 6.45) is 3.59. The van der Waals surface area contributed by atoms with E-state index in [2.05, 4.69) is 29.0 Å². The summed E-state index contributed by atoms with van der Waals surface area (Å²) >= 11 is 6.07. The molecule has 28 heavy (non-hydrogen) atoms. The summed E-state index contributed by atoms with van der Waals surface area (Å²) in [5.41, 5.74) is 2.25. The number of methoxy groups -OCH3 is 1. The van der Waals surface area contributed by atoms with Crippen molar-refractivity contribution < 1.29 is 9.84 Å². The SMILES string of the molecule is COc1ccc(CCN2CCC[C@H](CN(C)Cc3cc(Cl)ccc3O)C2)cc1. The molecule has 1 aliphatic heterocycles. The number of aromatic hydroxyl groups is 1. The first-order valence-corrected chi connectivity index (χ1v) is 10.4. The molecule has 1 aliphatic rings. The normalized spacial score (nSPS) is 17.8. The summed E-state index contributed by atoms with van der Waals surface area (Å²) in [5, 5.41) is 10.7. The van der Waals surface area contributed by atoms with Crippen molar-refractivity contribution >= 4 is 11.6 Å². The summed E-state index contributed by atoms with van der Waals surface area (Å²) in [6.45, 7) is 5.18. The third kappa shape index (κ3) is 6.13. The molecule has 1 saturated heterocycles. The van der Waals surface area contributed by atoms with Crippen LogP contribution in [0.5, 0.6) is 11.5 Å². The molecule has 152 valence electrons. The lowest BCUT2D eigenvalue weighted by molar-refractivity contribution is 0.142. The molecule has 0 saturated carbocycles. The summed E-state index contributed by atoms with van der Waals surface area (Å²) in [5.74, 6) is 1.90. The third-order valence-electron chi connectivity index (χ3n) is 5.53. The van der Waals surface area contributed by atoms with Crippen LogP contribution in [-0.2, 0) is 13.0 Å². The summed E-state index contributed by atoms with van der Waals surface area (Å²) in [6, 6.07) is 13.6. The Balaban J connectivity index is 1.46. The number of rotatable bonds is 8. The van der Waals surface area contributed by atoms with E-state index in [1.54, 1.807) is 19.2 Å². The first kappa shape index (κ1) is 21.0. The fraction of sp³-hybridized carbons (Fsp3) is 0.478. The highest BCUT2D eigenvalue weighted by Crippen LogP contribution is 2.24. The van der Waals surface area contributed by atoms with Gasteiger partial charge < -0.3 is 19.6 Å². The average Bonchev–Trinajstić information content (AvgIpc) is 2.70. The lowest BCUT2D eigenvalue weighted by atomic mass is 9.97. The van der Waals surface area contributed by atoms with E-state index in [1.165, 1.54) is 24.9 Å². The van der Waals surface area contributed by atoms with E-state index < -0.39 is 0 Å². The van der Waals surface area contributed by atoms with E-state index in [0.29, 0.717) is 16.7 Å². The highest BCUT2D eigenvalue weighted by Gasteiger charge is 2.21. The van der Waals surface area contributed by atoms with Crippen molar-refractivity contribution in [2.45, 2.75) is 25.8 Å². The van der Waals surface area contributed by atoms with Gasteiger partial charge in [-0.3, -0.25) is 0 Å². The largest absolute Gasteiger partial charge is 0.508 e. The topological polar surface area (TPSA) is 35.9 Å². The molecule has 0 aromatic heterocycles. The van der Waals surface area contributed by atoms with Crippen LogP contribution in [0.1, 0.15) is 24.0 Å². The quantitative estimate of drug-likeness (QED) is 0.708. The van der Waals surface area contributed by atoms with E-state index >= 15 is 0 Å². The number of benzene rings is 2. The van der Waals surface area contributed by atoms with E-state index in [4.69, 9.17) is 16.3 Å². The number of hydrogen-bond acceptors (Lipinski definition) is 4. The molecule has 5 heteroatoms. The second-order valence-electron chi connectivity index (χ2n) is 7.88. The summed E-state index contributed by atoms with van der Waals surface area (Å²) in [7, 11) is 3.82. The minimum atomic E-state index is 0.320. The maximum atomic E-state index is 10.0. The Morgan fingerprint density at radius 3 is 2.75 bits per heavy atom. The van der Waals surface area contributed by atoms with Crippen LogP contribution in [0.3, 0.4) is 0 Å². The van der Waals surface area contributed by atoms with Gasteiger partial charge in [-0.15, -0.1) is 0 Å². The molecule has 2 aromatic rings. The lowest BCUT2D eigenvalue weighted by Gasteiger charge is -2.35. The smallest absolute Gasteiger partial charge is 0.120 e. The number of halogens is 1. The zero-order valence-electron chi connectivity index (χ0n) is 16.9. The van der Waals surface area contributed by atoms with Crippen molar-refractivity contribution in [1.29, 1.82) is 0 Å². The molecule has 0 amide bonds. The lowest BCUT2D eigenvalue weighted by Crippen LogP contribution is -2.40. The predicted octanol–water partition coefficient (Wildman–Crippen LogP) is 4.44. The van der Waals surface area contributed by atoms with Crippen molar-refractivity contribution in [1.82, 2.24) is 9.80 Å². The molecule has 3 rings (SSSR count). The van der Waals surface area contributed by atoms with Gasteiger partial charge in [-0.25, -0.2) is 0 Å². The zero-order valence-corrected chi connectivity index (χ0v) is 17.7. The van der Waals surface area contributed by atoms with Gasteiger partial charge in [0.1, 0.15) is 11.5 Å². The van der Waals surface area contributed by atoms with Crippen molar-refractivity contribution in [3.63, 3.8) is 0 Å². The Bertz CT molecular complexity index is 751. The van der Waals surface area contributed by atoms with Crippen LogP contribution >= 0.6 is 11.6 Å². The number of hydrogen-bond donors (Lipinski definition) is 1. The summed E-state index contributed by atoms with van der Waals surface area (Å²) < 4.78 is 5.23. The van der Waals surface area contributed by atoms with Gasteiger partial charge in [0, 0.05) is 36.8 Å². The number of phenolic OH excluding ortho intramolecular Hbond substituents is 1. The Hall–Kier alpha value is -1.75. The minimum Gasteiger partial charge on any atom is -0.508 e. The first-order chi connectivity index (χ1) is 13.5. The molecule has 1 N–H and O–H groups in total. The van der Waals surface area contributed by atoms with Gasteiger partial charge >= 0.3 is 0 Å². The van der Waals surface area contributed by atoms with Crippen LogP contribution in [0.15, 0.2) is 42.5 Å². The Kier molecular flexibility index (Phi) is 7.60. The molecular weight excluding hydrogens is 372 g/mol. The van der Waals surface area contributed by atoms with Crippen LogP contribution in [0.2, 0.25) is 5.02 Å². The summed E-state index contributed by atoms with van der Waals surface area (Å²) in [4.78, 5) is 4.88. The zero-order chi connectivity index (χ0) is 19.9. The molecule has 0 radical (unpaired) electrons. The Morgan fingerprint density at radius 1 is 1.21 bits per heavy atom. The van der Waals surface area contributed by atoms with E-state index in [9.17, 15) is 5.11 Å². The fourth-order valence-electron chi connectivity index (χ4n) is 4.06. The monoisotopic (exact) mass is 402 g/mol. The number of nitrogens with zero attached hydrogens (tertiary/aromatic N) is 2. The average molecular weight is 403 g/mol. The molecule has 1 atom stereocenters. The Morgan fingerprint density at radius 2 is 2.00 bits per heavy atom. The molecule has 2 aromatic carbocycles. The van der Waals surface area contributed by atoms with Crippen molar-refractivity contribution in [2.24, 2.45) is 5.92 Å². The van der Waals surface area contributed by atoms with Gasteiger partial charge in [-0.1, -0.05) is 23.7 Å². The maximum absolute atomic E-state index is 10.0. The number of ether oxygens (including phenoxy) is 1. The van der Waals surface area contributed by atoms with Gasteiger partial charge in [0.25, 0.3) is 0 Å². The van der Waals surface area contributed by atoms with Gasteiger partial charge in [-0.05, 0) is 74.7 Å². The van der Waals surface area contributed by atoms with Crippen molar-refractivity contribution in [3.8, 4) is 11.5 Å².